The highest BCUT2D eigenvalue weighted by Gasteiger charge is 2.34. The lowest BCUT2D eigenvalue weighted by Crippen LogP contribution is -2.39. The van der Waals surface area contributed by atoms with Gasteiger partial charge < -0.3 is 20.5 Å². The summed E-state index contributed by atoms with van der Waals surface area (Å²) in [5.74, 6) is 0.269. The van der Waals surface area contributed by atoms with Crippen LogP contribution in [0.4, 0.5) is 11.4 Å². The van der Waals surface area contributed by atoms with E-state index in [-0.39, 0.29) is 29.9 Å². The van der Waals surface area contributed by atoms with E-state index in [0.29, 0.717) is 49.7 Å². The first-order chi connectivity index (χ1) is 15.9. The Kier molecular flexibility index (Phi) is 7.42. The highest BCUT2D eigenvalue weighted by Crippen LogP contribution is 2.44. The summed E-state index contributed by atoms with van der Waals surface area (Å²) in [6.07, 6.45) is 0.389. The predicted molar refractivity (Wildman–Crippen MR) is 128 cm³/mol. The summed E-state index contributed by atoms with van der Waals surface area (Å²) >= 11 is 6.28. The van der Waals surface area contributed by atoms with Crippen molar-refractivity contribution in [3.05, 3.63) is 29.8 Å². The number of carbonyl (C=O) groups is 1. The van der Waals surface area contributed by atoms with Gasteiger partial charge in [0.25, 0.3) is 0 Å². The minimum absolute atomic E-state index is 0.0153. The molecule has 2 aromatic rings. The molecule has 0 radical (unpaired) electrons. The maximum atomic E-state index is 13.1. The number of nitrogens with zero attached hydrogens (tertiary/aromatic N) is 2. The monoisotopic (exact) mass is 496 g/mol. The molecule has 180 valence electrons. The van der Waals surface area contributed by atoms with Gasteiger partial charge >= 0.3 is 0 Å². The Bertz CT molecular complexity index is 1140. The molecule has 0 aliphatic carbocycles. The van der Waals surface area contributed by atoms with E-state index < -0.39 is 10.0 Å². The standard InChI is InChI=1S/C22H29ClN4O5S/c23-13-15-14-27(21(29)3-5-26-6-9-32-10-7-26)20-12-19(24)18-11-16(1-2-17(18)22(15)20)33(30,31)25-4-8-28/h1-2,11-12,15,25,28H,3-10,13-14,24H2. The van der Waals surface area contributed by atoms with Crippen molar-refractivity contribution in [1.82, 2.24) is 9.62 Å². The van der Waals surface area contributed by atoms with E-state index in [9.17, 15) is 13.2 Å². The minimum Gasteiger partial charge on any atom is -0.398 e. The van der Waals surface area contributed by atoms with Gasteiger partial charge in [0.2, 0.25) is 15.9 Å². The van der Waals surface area contributed by atoms with Gasteiger partial charge in [-0.1, -0.05) is 6.07 Å². The van der Waals surface area contributed by atoms with Crippen LogP contribution >= 0.6 is 11.6 Å². The number of benzene rings is 2. The number of rotatable bonds is 8. The fraction of sp³-hybridized carbons (Fsp3) is 0.500. The summed E-state index contributed by atoms with van der Waals surface area (Å²) in [4.78, 5) is 17.2. The Labute approximate surface area is 198 Å². The van der Waals surface area contributed by atoms with E-state index in [0.717, 1.165) is 29.7 Å². The molecular weight excluding hydrogens is 468 g/mol. The molecule has 0 bridgehead atoms. The van der Waals surface area contributed by atoms with Crippen LogP contribution in [0.25, 0.3) is 10.8 Å². The number of anilines is 2. The molecule has 2 aromatic carbocycles. The lowest BCUT2D eigenvalue weighted by Gasteiger charge is -2.27. The van der Waals surface area contributed by atoms with Gasteiger partial charge in [0.1, 0.15) is 0 Å². The maximum Gasteiger partial charge on any atom is 0.240 e. The first-order valence-electron chi connectivity index (χ1n) is 11.0. The molecular formula is C22H29ClN4O5S. The number of alkyl halides is 1. The predicted octanol–water partition coefficient (Wildman–Crippen LogP) is 1.08. The molecule has 0 saturated carbocycles. The van der Waals surface area contributed by atoms with Crippen molar-refractivity contribution in [3.8, 4) is 0 Å². The molecule has 9 nitrogen and oxygen atoms in total. The van der Waals surface area contributed by atoms with Crippen LogP contribution in [0.1, 0.15) is 17.9 Å². The third kappa shape index (κ3) is 4.96. The Morgan fingerprint density at radius 1 is 1.24 bits per heavy atom. The number of nitrogens with one attached hydrogen (secondary N) is 1. The van der Waals surface area contributed by atoms with Crippen LogP contribution < -0.4 is 15.4 Å². The number of halogens is 1. The summed E-state index contributed by atoms with van der Waals surface area (Å²) in [5, 5.41) is 10.3. The van der Waals surface area contributed by atoms with Crippen LogP contribution in [0, 0.1) is 0 Å². The molecule has 2 aliphatic heterocycles. The van der Waals surface area contributed by atoms with Gasteiger partial charge in [-0.3, -0.25) is 9.69 Å². The molecule has 1 saturated heterocycles. The second kappa shape index (κ2) is 10.1. The van der Waals surface area contributed by atoms with Crippen molar-refractivity contribution >= 4 is 49.7 Å². The third-order valence-corrected chi connectivity index (χ3v) is 8.04. The molecule has 2 aliphatic rings. The van der Waals surface area contributed by atoms with Crippen LogP contribution in [0.2, 0.25) is 0 Å². The van der Waals surface area contributed by atoms with E-state index >= 15 is 0 Å². The smallest absolute Gasteiger partial charge is 0.240 e. The number of aliphatic hydroxyl groups is 1. The molecule has 4 N–H and O–H groups in total. The molecule has 4 rings (SSSR count). The highest BCUT2D eigenvalue weighted by atomic mass is 35.5. The van der Waals surface area contributed by atoms with Gasteiger partial charge in [-0.15, -0.1) is 11.6 Å². The maximum absolute atomic E-state index is 13.1. The third-order valence-electron chi connectivity index (χ3n) is 6.21. The number of hydrogen-bond donors (Lipinski definition) is 3. The number of hydrogen-bond acceptors (Lipinski definition) is 7. The number of sulfonamides is 1. The summed E-state index contributed by atoms with van der Waals surface area (Å²) in [6.45, 7) is 3.79. The van der Waals surface area contributed by atoms with E-state index in [1.807, 2.05) is 0 Å². The summed E-state index contributed by atoms with van der Waals surface area (Å²) < 4.78 is 32.7. The Morgan fingerprint density at radius 3 is 2.70 bits per heavy atom. The molecule has 0 spiro atoms. The van der Waals surface area contributed by atoms with E-state index in [1.54, 1.807) is 17.0 Å². The number of aliphatic hydroxyl groups excluding tert-OH is 1. The molecule has 1 fully saturated rings. The number of fused-ring (bicyclic) bond motifs is 3. The number of ether oxygens (including phenoxy) is 1. The van der Waals surface area contributed by atoms with Crippen molar-refractivity contribution in [2.24, 2.45) is 0 Å². The topological polar surface area (TPSA) is 125 Å². The molecule has 1 atom stereocenters. The van der Waals surface area contributed by atoms with Crippen LogP contribution in [0.3, 0.4) is 0 Å². The SMILES string of the molecule is Nc1cc2c(c3ccc(S(=O)(=O)NCCO)cc13)C(CCl)CN2C(=O)CCN1CCOCC1. The summed E-state index contributed by atoms with van der Waals surface area (Å²) in [6, 6.07) is 6.50. The van der Waals surface area contributed by atoms with E-state index in [2.05, 4.69) is 9.62 Å². The number of morpholine rings is 1. The first kappa shape index (κ1) is 24.2. The Morgan fingerprint density at radius 2 is 2.00 bits per heavy atom. The quantitative estimate of drug-likeness (QED) is 0.369. The van der Waals surface area contributed by atoms with Crippen LogP contribution in [0.5, 0.6) is 0 Å². The molecule has 1 amide bonds. The van der Waals surface area contributed by atoms with Crippen LogP contribution in [-0.4, -0.2) is 82.8 Å². The summed E-state index contributed by atoms with van der Waals surface area (Å²) in [5.41, 5.74) is 8.39. The Hall–Kier alpha value is -1.95. The average molecular weight is 497 g/mol. The average Bonchev–Trinajstić information content (AvgIpc) is 3.20. The van der Waals surface area contributed by atoms with Gasteiger partial charge in [0.15, 0.2) is 0 Å². The minimum atomic E-state index is -3.78. The fourth-order valence-electron chi connectivity index (χ4n) is 4.51. The van der Waals surface area contributed by atoms with Gasteiger partial charge in [-0.05, 0) is 29.1 Å². The number of carbonyl (C=O) groups excluding carboxylic acids is 1. The van der Waals surface area contributed by atoms with Crippen molar-refractivity contribution in [1.29, 1.82) is 0 Å². The second-order valence-electron chi connectivity index (χ2n) is 8.29. The van der Waals surface area contributed by atoms with Gasteiger partial charge in [-0.25, -0.2) is 13.1 Å². The lowest BCUT2D eigenvalue weighted by molar-refractivity contribution is -0.119. The number of amides is 1. The molecule has 1 unspecified atom stereocenters. The first-order valence-corrected chi connectivity index (χ1v) is 13.0. The largest absolute Gasteiger partial charge is 0.398 e. The summed E-state index contributed by atoms with van der Waals surface area (Å²) in [7, 11) is -3.78. The zero-order valence-electron chi connectivity index (χ0n) is 18.3. The van der Waals surface area contributed by atoms with E-state index in [1.165, 1.54) is 12.1 Å². The number of nitrogen functional groups attached to an aromatic ring is 1. The normalized spacial score (nSPS) is 19.2. The highest BCUT2D eigenvalue weighted by molar-refractivity contribution is 7.89. The molecule has 33 heavy (non-hydrogen) atoms. The van der Waals surface area contributed by atoms with Crippen LogP contribution in [-0.2, 0) is 19.6 Å². The van der Waals surface area contributed by atoms with E-state index in [4.69, 9.17) is 27.2 Å². The fourth-order valence-corrected chi connectivity index (χ4v) is 5.81. The Balaban J connectivity index is 1.65. The molecule has 11 heteroatoms. The zero-order chi connectivity index (χ0) is 23.6. The zero-order valence-corrected chi connectivity index (χ0v) is 19.9. The molecule has 0 aromatic heterocycles. The van der Waals surface area contributed by atoms with Gasteiger partial charge in [0.05, 0.1) is 24.7 Å². The molecule has 2 heterocycles. The van der Waals surface area contributed by atoms with Gasteiger partial charge in [0, 0.05) is 67.7 Å². The van der Waals surface area contributed by atoms with Gasteiger partial charge in [-0.2, -0.15) is 0 Å². The van der Waals surface area contributed by atoms with Crippen LogP contribution in [0.15, 0.2) is 29.2 Å². The lowest BCUT2D eigenvalue weighted by atomic mass is 9.95. The number of nitrogens with two attached hydrogens (primary N) is 1. The van der Waals surface area contributed by atoms with Crippen molar-refractivity contribution in [3.63, 3.8) is 0 Å². The van der Waals surface area contributed by atoms with Crippen molar-refractivity contribution in [2.45, 2.75) is 17.2 Å². The van der Waals surface area contributed by atoms with Crippen molar-refractivity contribution in [2.75, 3.05) is 69.1 Å². The second-order valence-corrected chi connectivity index (χ2v) is 10.4. The van der Waals surface area contributed by atoms with Crippen molar-refractivity contribution < 1.29 is 23.1 Å².